The van der Waals surface area contributed by atoms with Gasteiger partial charge in [-0.25, -0.2) is 0 Å². The second-order valence-electron chi connectivity index (χ2n) is 2.72. The zero-order chi connectivity index (χ0) is 6.97. The monoisotopic (exact) mass is 138 g/mol. The number of aryl methyl sites for hydroxylation is 1. The molecule has 3 nitrogen and oxygen atoms in total. The molecule has 0 aromatic carbocycles. The lowest BCUT2D eigenvalue weighted by molar-refractivity contribution is 0.365. The molecule has 0 radical (unpaired) electrons. The maximum atomic E-state index is 4.94. The summed E-state index contributed by atoms with van der Waals surface area (Å²) in [6.45, 7) is 4.01. The van der Waals surface area contributed by atoms with E-state index in [9.17, 15) is 0 Å². The second kappa shape index (κ2) is 2.09. The smallest absolute Gasteiger partial charge is 0.133 e. The summed E-state index contributed by atoms with van der Waals surface area (Å²) in [4.78, 5) is 0. The summed E-state index contributed by atoms with van der Waals surface area (Å²) in [5.41, 5.74) is 1.09. The molecule has 0 unspecified atom stereocenters. The molecule has 0 bridgehead atoms. The first-order chi connectivity index (χ1) is 4.86. The summed E-state index contributed by atoms with van der Waals surface area (Å²) >= 11 is 0. The highest BCUT2D eigenvalue weighted by Gasteiger charge is 2.21. The van der Waals surface area contributed by atoms with Crippen molar-refractivity contribution in [3.8, 4) is 0 Å². The molecule has 1 aliphatic rings. The molecule has 54 valence electrons. The Bertz CT molecular complexity index is 227. The molecular formula is C7H10N2O. The number of rotatable bonds is 1. The Balaban J connectivity index is 2.17. The standard InChI is InChI=1S/C7H10N2O/c1-5-2-7(9-10-5)6-3-8-4-6/h2,6,8H,3-4H2,1H3. The molecule has 0 aliphatic carbocycles. The molecule has 1 saturated heterocycles. The third-order valence-electron chi connectivity index (χ3n) is 1.85. The molecule has 0 amide bonds. The SMILES string of the molecule is Cc1cc(C2CNC2)no1. The van der Waals surface area contributed by atoms with Crippen molar-refractivity contribution in [2.75, 3.05) is 13.1 Å². The van der Waals surface area contributed by atoms with Crippen LogP contribution in [0.4, 0.5) is 0 Å². The molecule has 1 aliphatic heterocycles. The quantitative estimate of drug-likeness (QED) is 0.619. The zero-order valence-corrected chi connectivity index (χ0v) is 5.92. The van der Waals surface area contributed by atoms with Crippen molar-refractivity contribution in [1.82, 2.24) is 10.5 Å². The van der Waals surface area contributed by atoms with E-state index < -0.39 is 0 Å². The van der Waals surface area contributed by atoms with Crippen LogP contribution in [-0.4, -0.2) is 18.2 Å². The van der Waals surface area contributed by atoms with E-state index >= 15 is 0 Å². The van der Waals surface area contributed by atoms with E-state index in [2.05, 4.69) is 10.5 Å². The largest absolute Gasteiger partial charge is 0.361 e. The molecule has 1 aromatic rings. The van der Waals surface area contributed by atoms with Gasteiger partial charge in [0.25, 0.3) is 0 Å². The van der Waals surface area contributed by atoms with Gasteiger partial charge in [0.1, 0.15) is 5.76 Å². The highest BCUT2D eigenvalue weighted by atomic mass is 16.5. The fourth-order valence-electron chi connectivity index (χ4n) is 1.08. The van der Waals surface area contributed by atoms with Gasteiger partial charge >= 0.3 is 0 Å². The van der Waals surface area contributed by atoms with Crippen molar-refractivity contribution in [2.45, 2.75) is 12.8 Å². The Morgan fingerprint density at radius 3 is 2.90 bits per heavy atom. The summed E-state index contributed by atoms with van der Waals surface area (Å²) in [6.07, 6.45) is 0. The van der Waals surface area contributed by atoms with Crippen LogP contribution in [-0.2, 0) is 0 Å². The van der Waals surface area contributed by atoms with E-state index in [-0.39, 0.29) is 0 Å². The van der Waals surface area contributed by atoms with Gasteiger partial charge in [-0.3, -0.25) is 0 Å². The van der Waals surface area contributed by atoms with Gasteiger partial charge in [-0.15, -0.1) is 0 Å². The van der Waals surface area contributed by atoms with Gasteiger partial charge in [0.2, 0.25) is 0 Å². The number of hydrogen-bond donors (Lipinski definition) is 1. The van der Waals surface area contributed by atoms with Crippen LogP contribution in [0.1, 0.15) is 17.4 Å². The Labute approximate surface area is 59.4 Å². The Morgan fingerprint density at radius 1 is 1.70 bits per heavy atom. The number of aromatic nitrogens is 1. The summed E-state index contributed by atoms with van der Waals surface area (Å²) in [5, 5.41) is 7.11. The first-order valence-corrected chi connectivity index (χ1v) is 3.50. The minimum Gasteiger partial charge on any atom is -0.361 e. The van der Waals surface area contributed by atoms with Crippen molar-refractivity contribution >= 4 is 0 Å². The highest BCUT2D eigenvalue weighted by Crippen LogP contribution is 2.18. The summed E-state index contributed by atoms with van der Waals surface area (Å²) in [7, 11) is 0. The van der Waals surface area contributed by atoms with Gasteiger partial charge in [-0.05, 0) is 6.92 Å². The van der Waals surface area contributed by atoms with E-state index in [0.29, 0.717) is 5.92 Å². The van der Waals surface area contributed by atoms with Crippen molar-refractivity contribution in [1.29, 1.82) is 0 Å². The normalized spacial score (nSPS) is 18.9. The fraction of sp³-hybridized carbons (Fsp3) is 0.571. The summed E-state index contributed by atoms with van der Waals surface area (Å²) < 4.78 is 4.94. The van der Waals surface area contributed by atoms with E-state index in [1.807, 2.05) is 13.0 Å². The first kappa shape index (κ1) is 5.92. The lowest BCUT2D eigenvalue weighted by atomic mass is 10.00. The van der Waals surface area contributed by atoms with Crippen LogP contribution in [0.3, 0.4) is 0 Å². The van der Waals surface area contributed by atoms with Crippen LogP contribution >= 0.6 is 0 Å². The van der Waals surface area contributed by atoms with Gasteiger partial charge in [0.15, 0.2) is 0 Å². The predicted octanol–water partition coefficient (Wildman–Crippen LogP) is 0.670. The highest BCUT2D eigenvalue weighted by molar-refractivity contribution is 5.13. The van der Waals surface area contributed by atoms with Crippen LogP contribution in [0.15, 0.2) is 10.6 Å². The van der Waals surface area contributed by atoms with Gasteiger partial charge in [-0.2, -0.15) is 0 Å². The van der Waals surface area contributed by atoms with Crippen LogP contribution in [0.25, 0.3) is 0 Å². The van der Waals surface area contributed by atoms with Crippen molar-refractivity contribution in [3.63, 3.8) is 0 Å². The van der Waals surface area contributed by atoms with Crippen LogP contribution in [0.5, 0.6) is 0 Å². The average Bonchev–Trinajstić information content (AvgIpc) is 2.10. The first-order valence-electron chi connectivity index (χ1n) is 3.50. The molecule has 2 rings (SSSR count). The molecule has 1 fully saturated rings. The van der Waals surface area contributed by atoms with Gasteiger partial charge in [0.05, 0.1) is 5.69 Å². The second-order valence-corrected chi connectivity index (χ2v) is 2.72. The molecule has 0 atom stereocenters. The van der Waals surface area contributed by atoms with E-state index in [1.54, 1.807) is 0 Å². The molecular weight excluding hydrogens is 128 g/mol. The number of hydrogen-bond acceptors (Lipinski definition) is 3. The summed E-state index contributed by atoms with van der Waals surface area (Å²) in [5.74, 6) is 1.50. The van der Waals surface area contributed by atoms with E-state index in [4.69, 9.17) is 4.52 Å². The van der Waals surface area contributed by atoms with Gasteiger partial charge < -0.3 is 9.84 Å². The maximum Gasteiger partial charge on any atom is 0.133 e. The molecule has 1 aromatic heterocycles. The minimum absolute atomic E-state index is 0.595. The van der Waals surface area contributed by atoms with Gasteiger partial charge in [0, 0.05) is 25.1 Å². The fourth-order valence-corrected chi connectivity index (χ4v) is 1.08. The lowest BCUT2D eigenvalue weighted by Crippen LogP contribution is -2.40. The third kappa shape index (κ3) is 0.827. The van der Waals surface area contributed by atoms with Crippen molar-refractivity contribution in [3.05, 3.63) is 17.5 Å². The molecule has 0 saturated carbocycles. The van der Waals surface area contributed by atoms with Crippen LogP contribution in [0, 0.1) is 6.92 Å². The summed E-state index contributed by atoms with van der Waals surface area (Å²) in [6, 6.07) is 2.01. The van der Waals surface area contributed by atoms with Crippen molar-refractivity contribution < 1.29 is 4.52 Å². The number of nitrogens with zero attached hydrogens (tertiary/aromatic N) is 1. The topological polar surface area (TPSA) is 38.1 Å². The Kier molecular flexibility index (Phi) is 1.24. The molecule has 10 heavy (non-hydrogen) atoms. The Hall–Kier alpha value is -0.830. The molecule has 0 spiro atoms. The predicted molar refractivity (Wildman–Crippen MR) is 36.9 cm³/mol. The minimum atomic E-state index is 0.595. The van der Waals surface area contributed by atoms with E-state index in [1.165, 1.54) is 0 Å². The lowest BCUT2D eigenvalue weighted by Gasteiger charge is -2.24. The van der Waals surface area contributed by atoms with Crippen molar-refractivity contribution in [2.24, 2.45) is 0 Å². The number of nitrogens with one attached hydrogen (secondary N) is 1. The molecule has 3 heteroatoms. The van der Waals surface area contributed by atoms with E-state index in [0.717, 1.165) is 24.5 Å². The van der Waals surface area contributed by atoms with Gasteiger partial charge in [-0.1, -0.05) is 5.16 Å². The zero-order valence-electron chi connectivity index (χ0n) is 5.92. The molecule has 1 N–H and O–H groups in total. The van der Waals surface area contributed by atoms with Crippen LogP contribution in [0.2, 0.25) is 0 Å². The Morgan fingerprint density at radius 2 is 2.50 bits per heavy atom. The maximum absolute atomic E-state index is 4.94. The third-order valence-corrected chi connectivity index (χ3v) is 1.85. The van der Waals surface area contributed by atoms with Crippen LogP contribution < -0.4 is 5.32 Å². The molecule has 2 heterocycles. The average molecular weight is 138 g/mol.